The number of aliphatic hydroxyl groups is 1. The Morgan fingerprint density at radius 1 is 1.07 bits per heavy atom. The number of methoxy groups -OCH3 is 2. The first-order valence-corrected chi connectivity index (χ1v) is 13.5. The van der Waals surface area contributed by atoms with E-state index in [1.807, 2.05) is 6.92 Å². The Hall–Kier alpha value is -4.12. The SMILES string of the molecule is COc1cc(OC)c(-c2nc3c(n2C(C)CO)C2(C(=O)Nc4cc(Cl)ccc42)N(c2cc(Cl)ccc2C)C3=O)cn1. The molecular formula is C29H25Cl2N5O5. The molecule has 2 aromatic carbocycles. The van der Waals surface area contributed by atoms with Gasteiger partial charge in [-0.25, -0.2) is 9.97 Å². The highest BCUT2D eigenvalue weighted by atomic mass is 35.5. The molecule has 0 fully saturated rings. The van der Waals surface area contributed by atoms with Gasteiger partial charge in [0.2, 0.25) is 5.88 Å². The van der Waals surface area contributed by atoms with Gasteiger partial charge in [0.25, 0.3) is 11.8 Å². The second kappa shape index (κ2) is 9.76. The molecule has 0 saturated heterocycles. The number of hydrogen-bond acceptors (Lipinski definition) is 7. The largest absolute Gasteiger partial charge is 0.496 e. The van der Waals surface area contributed by atoms with Gasteiger partial charge in [0.1, 0.15) is 11.6 Å². The second-order valence-electron chi connectivity index (χ2n) is 9.89. The van der Waals surface area contributed by atoms with Gasteiger partial charge in [-0.05, 0) is 43.7 Å². The van der Waals surface area contributed by atoms with Crippen LogP contribution in [0.3, 0.4) is 0 Å². The maximum Gasteiger partial charge on any atom is 0.280 e. The number of carbonyl (C=O) groups is 2. The van der Waals surface area contributed by atoms with Gasteiger partial charge in [0.15, 0.2) is 11.2 Å². The van der Waals surface area contributed by atoms with E-state index in [1.54, 1.807) is 54.0 Å². The van der Waals surface area contributed by atoms with Crippen molar-refractivity contribution in [3.63, 3.8) is 0 Å². The number of nitrogens with one attached hydrogen (secondary N) is 1. The summed E-state index contributed by atoms with van der Waals surface area (Å²) in [7, 11) is 2.98. The van der Waals surface area contributed by atoms with Crippen molar-refractivity contribution in [2.24, 2.45) is 0 Å². The molecule has 4 heterocycles. The van der Waals surface area contributed by atoms with Gasteiger partial charge in [-0.1, -0.05) is 35.3 Å². The molecule has 0 bridgehead atoms. The topological polar surface area (TPSA) is 119 Å². The lowest BCUT2D eigenvalue weighted by atomic mass is 9.86. The molecule has 0 radical (unpaired) electrons. The highest BCUT2D eigenvalue weighted by Gasteiger charge is 2.64. The van der Waals surface area contributed by atoms with Crippen LogP contribution in [0.1, 0.15) is 40.3 Å². The molecule has 2 N–H and O–H groups in total. The van der Waals surface area contributed by atoms with E-state index in [0.29, 0.717) is 55.7 Å². The minimum absolute atomic E-state index is 0.0514. The average Bonchev–Trinajstić information content (AvgIpc) is 3.57. The van der Waals surface area contributed by atoms with Crippen LogP contribution in [0.2, 0.25) is 10.0 Å². The van der Waals surface area contributed by atoms with Crippen LogP contribution in [-0.2, 0) is 10.3 Å². The van der Waals surface area contributed by atoms with Gasteiger partial charge in [0, 0.05) is 33.6 Å². The van der Waals surface area contributed by atoms with Gasteiger partial charge in [-0.3, -0.25) is 14.5 Å². The van der Waals surface area contributed by atoms with Gasteiger partial charge < -0.3 is 24.5 Å². The number of hydrogen-bond donors (Lipinski definition) is 2. The van der Waals surface area contributed by atoms with Crippen molar-refractivity contribution < 1.29 is 24.2 Å². The van der Waals surface area contributed by atoms with Crippen LogP contribution in [0.4, 0.5) is 11.4 Å². The lowest BCUT2D eigenvalue weighted by Crippen LogP contribution is -2.51. The zero-order chi connectivity index (χ0) is 29.2. The molecule has 2 atom stereocenters. The highest BCUT2D eigenvalue weighted by molar-refractivity contribution is 6.32. The number of benzene rings is 2. The molecule has 210 valence electrons. The molecule has 10 nitrogen and oxygen atoms in total. The van der Waals surface area contributed by atoms with E-state index in [-0.39, 0.29) is 12.3 Å². The number of imidazole rings is 1. The van der Waals surface area contributed by atoms with Crippen molar-refractivity contribution in [3.8, 4) is 23.0 Å². The monoisotopic (exact) mass is 593 g/mol. The summed E-state index contributed by atoms with van der Waals surface area (Å²) in [6.45, 7) is 3.30. The molecule has 2 unspecified atom stereocenters. The highest BCUT2D eigenvalue weighted by Crippen LogP contribution is 2.55. The van der Waals surface area contributed by atoms with E-state index >= 15 is 0 Å². The van der Waals surface area contributed by atoms with Crippen molar-refractivity contribution in [1.82, 2.24) is 14.5 Å². The lowest BCUT2D eigenvalue weighted by molar-refractivity contribution is -0.119. The maximum atomic E-state index is 14.5. The first kappa shape index (κ1) is 27.1. The van der Waals surface area contributed by atoms with Crippen molar-refractivity contribution in [3.05, 3.63) is 81.2 Å². The molecule has 4 aromatic rings. The van der Waals surface area contributed by atoms with Crippen molar-refractivity contribution >= 4 is 46.4 Å². The summed E-state index contributed by atoms with van der Waals surface area (Å²) in [5, 5.41) is 14.2. The first-order valence-electron chi connectivity index (χ1n) is 12.7. The van der Waals surface area contributed by atoms with Crippen LogP contribution in [0.15, 0.2) is 48.7 Å². The summed E-state index contributed by atoms with van der Waals surface area (Å²) in [4.78, 5) is 39.4. The van der Waals surface area contributed by atoms with Crippen LogP contribution >= 0.6 is 23.2 Å². The van der Waals surface area contributed by atoms with Crippen LogP contribution in [-0.4, -0.2) is 52.3 Å². The number of halogens is 2. The number of fused-ring (bicyclic) bond motifs is 4. The Labute approximate surface area is 245 Å². The van der Waals surface area contributed by atoms with E-state index in [9.17, 15) is 14.7 Å². The predicted molar refractivity (Wildman–Crippen MR) is 154 cm³/mol. The lowest BCUT2D eigenvalue weighted by Gasteiger charge is -2.36. The number of rotatable bonds is 6. The third kappa shape index (κ3) is 3.74. The predicted octanol–water partition coefficient (Wildman–Crippen LogP) is 4.99. The summed E-state index contributed by atoms with van der Waals surface area (Å²) < 4.78 is 12.6. The molecule has 6 rings (SSSR count). The van der Waals surface area contributed by atoms with Crippen molar-refractivity contribution in [1.29, 1.82) is 0 Å². The third-order valence-electron chi connectivity index (χ3n) is 7.57. The average molecular weight is 594 g/mol. The third-order valence-corrected chi connectivity index (χ3v) is 8.04. The number of anilines is 2. The number of carbonyl (C=O) groups excluding carboxylic acids is 2. The number of aliphatic hydroxyl groups excluding tert-OH is 1. The minimum atomic E-state index is -1.69. The van der Waals surface area contributed by atoms with Gasteiger partial charge in [-0.15, -0.1) is 0 Å². The van der Waals surface area contributed by atoms with E-state index in [2.05, 4.69) is 10.3 Å². The zero-order valence-corrected chi connectivity index (χ0v) is 24.0. The van der Waals surface area contributed by atoms with E-state index < -0.39 is 23.4 Å². The van der Waals surface area contributed by atoms with Gasteiger partial charge in [-0.2, -0.15) is 0 Å². The van der Waals surface area contributed by atoms with E-state index in [0.717, 1.165) is 5.56 Å². The summed E-state index contributed by atoms with van der Waals surface area (Å²) >= 11 is 12.7. The van der Waals surface area contributed by atoms with Gasteiger partial charge >= 0.3 is 0 Å². The Balaban J connectivity index is 1.74. The van der Waals surface area contributed by atoms with Crippen LogP contribution in [0, 0.1) is 6.92 Å². The van der Waals surface area contributed by atoms with Crippen LogP contribution in [0.25, 0.3) is 11.4 Å². The molecule has 0 aliphatic carbocycles. The molecular weight excluding hydrogens is 569 g/mol. The van der Waals surface area contributed by atoms with Crippen LogP contribution in [0.5, 0.6) is 11.6 Å². The fraction of sp³-hybridized carbons (Fsp3) is 0.241. The fourth-order valence-electron chi connectivity index (χ4n) is 5.70. The number of ether oxygens (including phenoxy) is 2. The molecule has 2 aliphatic heterocycles. The molecule has 2 aliphatic rings. The Kier molecular flexibility index (Phi) is 6.44. The smallest absolute Gasteiger partial charge is 0.280 e. The number of aryl methyl sites for hydroxylation is 1. The quantitative estimate of drug-likeness (QED) is 0.323. The molecule has 12 heteroatoms. The normalized spacial score (nSPS) is 18.0. The van der Waals surface area contributed by atoms with E-state index in [1.165, 1.54) is 25.3 Å². The number of aromatic nitrogens is 3. The maximum absolute atomic E-state index is 14.5. The number of nitrogens with zero attached hydrogens (tertiary/aromatic N) is 4. The fourth-order valence-corrected chi connectivity index (χ4v) is 6.04. The van der Waals surface area contributed by atoms with Crippen molar-refractivity contribution in [2.75, 3.05) is 31.0 Å². The molecule has 2 amide bonds. The second-order valence-corrected chi connectivity index (χ2v) is 10.8. The summed E-state index contributed by atoms with van der Waals surface area (Å²) in [6, 6.07) is 11.2. The van der Waals surface area contributed by atoms with Crippen molar-refractivity contribution in [2.45, 2.75) is 25.4 Å². The summed E-state index contributed by atoms with van der Waals surface area (Å²) in [6.07, 6.45) is 1.52. The standard InChI is InChI=1S/C29H25Cl2N5O5/c1-14-5-6-17(31)10-21(14)36-27(38)24-25(29(36)19-8-7-16(30)9-20(19)33-28(29)39)35(15(2)13-37)26(34-24)18-12-32-23(41-4)11-22(18)40-3/h5-12,15,37H,13H2,1-4H3,(H,33,39). The van der Waals surface area contributed by atoms with Gasteiger partial charge in [0.05, 0.1) is 43.8 Å². The Morgan fingerprint density at radius 3 is 2.51 bits per heavy atom. The molecule has 0 saturated carbocycles. The number of pyridine rings is 1. The Morgan fingerprint density at radius 2 is 1.80 bits per heavy atom. The molecule has 2 aromatic heterocycles. The molecule has 1 spiro atoms. The van der Waals surface area contributed by atoms with Crippen LogP contribution < -0.4 is 19.7 Å². The summed E-state index contributed by atoms with van der Waals surface area (Å²) in [5.74, 6) is 0.0309. The Bertz CT molecular complexity index is 1760. The summed E-state index contributed by atoms with van der Waals surface area (Å²) in [5.41, 5.74) is 1.26. The first-order chi connectivity index (χ1) is 19.7. The zero-order valence-electron chi connectivity index (χ0n) is 22.5. The molecule has 41 heavy (non-hydrogen) atoms. The number of amides is 2. The minimum Gasteiger partial charge on any atom is -0.496 e. The van der Waals surface area contributed by atoms with E-state index in [4.69, 9.17) is 37.7 Å².